The fourth-order valence-electron chi connectivity index (χ4n) is 13.5. The van der Waals surface area contributed by atoms with Crippen LogP contribution in [0.2, 0.25) is 0 Å². The molecule has 0 spiro atoms. The Labute approximate surface area is 328 Å². The molecule has 0 radical (unpaired) electrons. The Morgan fingerprint density at radius 1 is 0.833 bits per heavy atom. The van der Waals surface area contributed by atoms with Gasteiger partial charge in [0.25, 0.3) is 0 Å². The molecule has 2 unspecified atom stereocenters. The van der Waals surface area contributed by atoms with Gasteiger partial charge >= 0.3 is 5.97 Å². The average Bonchev–Trinajstić information content (AvgIpc) is 3.58. The summed E-state index contributed by atoms with van der Waals surface area (Å²) >= 11 is 0. The molecule has 5 aliphatic carbocycles. The standard InChI is InChI=1S/C41H60N2O5S.C3H8.C2H6/c1-37(2)30(28-9-11-29(12-10-28)35(44)45)15-18-38(3)33(37)16-19-40(5)34(38)14-13-31-32-8-6-17-41(32,21-20-39(31,40)4)36(46)42-22-7-23-43-24-26-49(47,48)27-25-43;1-3-2;1-2/h9-12,15,31-34H,6-8,13-14,16-27H2,1-5H3,(H,42,46)(H,44,45);3H2,1-2H3;1-2H3/t31-,32-,33?,34?,38+,39-,40-,41+;;/m1../s1. The highest BCUT2D eigenvalue weighted by Crippen LogP contribution is 2.77. The maximum atomic E-state index is 14.1. The first-order valence-electron chi connectivity index (χ1n) is 21.7. The molecule has 8 heteroatoms. The van der Waals surface area contributed by atoms with E-state index in [0.717, 1.165) is 50.6 Å². The summed E-state index contributed by atoms with van der Waals surface area (Å²) in [6.45, 7) is 23.7. The maximum absolute atomic E-state index is 14.1. The van der Waals surface area contributed by atoms with E-state index < -0.39 is 15.8 Å². The zero-order valence-electron chi connectivity index (χ0n) is 35.4. The van der Waals surface area contributed by atoms with Crippen molar-refractivity contribution in [3.63, 3.8) is 0 Å². The second-order valence-corrected chi connectivity index (χ2v) is 21.4. The molecule has 0 aromatic heterocycles. The lowest BCUT2D eigenvalue weighted by atomic mass is 9.32. The number of amides is 1. The first kappa shape index (κ1) is 42.9. The third-order valence-electron chi connectivity index (χ3n) is 16.2. The van der Waals surface area contributed by atoms with E-state index in [0.29, 0.717) is 54.8 Å². The molecule has 2 N–H and O–H groups in total. The van der Waals surface area contributed by atoms with Crippen LogP contribution >= 0.6 is 0 Å². The van der Waals surface area contributed by atoms with E-state index in [1.54, 1.807) is 12.1 Å². The highest BCUT2D eigenvalue weighted by atomic mass is 32.2. The number of carbonyl (C=O) groups excluding carboxylic acids is 1. The summed E-state index contributed by atoms with van der Waals surface area (Å²) in [5.41, 5.74) is 3.30. The second-order valence-electron chi connectivity index (χ2n) is 19.1. The molecule has 0 bridgehead atoms. The SMILES string of the molecule is CC.CC1(C)C(c2ccc(C(=O)O)cc2)=CC[C@@]2(C)C1CC[C@]1(C)C2CC[C@@H]2[C@H]3CCC[C@]3(C(=O)NCCCN3CCS(=O)(=O)CC3)CC[C@]21C.CCC. The number of nitrogens with one attached hydrogen (secondary N) is 1. The van der Waals surface area contributed by atoms with E-state index in [4.69, 9.17) is 0 Å². The van der Waals surface area contributed by atoms with Crippen molar-refractivity contribution in [1.82, 2.24) is 10.2 Å². The van der Waals surface area contributed by atoms with Crippen molar-refractivity contribution >= 4 is 27.3 Å². The number of carbonyl (C=O) groups is 2. The summed E-state index contributed by atoms with van der Waals surface area (Å²) in [6, 6.07) is 7.52. The first-order chi connectivity index (χ1) is 25.5. The van der Waals surface area contributed by atoms with Gasteiger partial charge in [-0.25, -0.2) is 13.2 Å². The largest absolute Gasteiger partial charge is 0.478 e. The lowest BCUT2D eigenvalue weighted by Crippen LogP contribution is -2.65. The Morgan fingerprint density at radius 2 is 1.48 bits per heavy atom. The van der Waals surface area contributed by atoms with E-state index in [2.05, 4.69) is 64.8 Å². The number of allylic oxidation sites excluding steroid dienone is 2. The minimum Gasteiger partial charge on any atom is -0.478 e. The van der Waals surface area contributed by atoms with Crippen LogP contribution in [0.1, 0.15) is 155 Å². The molecule has 8 atom stereocenters. The molecule has 7 nitrogen and oxygen atoms in total. The van der Waals surface area contributed by atoms with Gasteiger partial charge < -0.3 is 15.3 Å². The number of carboxylic acid groups (broad SMARTS) is 1. The van der Waals surface area contributed by atoms with Crippen molar-refractivity contribution in [2.24, 2.45) is 50.7 Å². The van der Waals surface area contributed by atoms with Crippen LogP contribution < -0.4 is 5.32 Å². The van der Waals surface area contributed by atoms with Crippen LogP contribution in [0.3, 0.4) is 0 Å². The molecule has 1 saturated heterocycles. The normalized spacial score (nSPS) is 37.6. The number of rotatable bonds is 7. The number of hydrogen-bond acceptors (Lipinski definition) is 5. The van der Waals surface area contributed by atoms with Crippen LogP contribution in [0.4, 0.5) is 0 Å². The van der Waals surface area contributed by atoms with Crippen molar-refractivity contribution in [3.05, 3.63) is 41.5 Å². The molecule has 1 aromatic carbocycles. The minimum absolute atomic E-state index is 0.00616. The highest BCUT2D eigenvalue weighted by molar-refractivity contribution is 7.91. The van der Waals surface area contributed by atoms with Crippen LogP contribution in [-0.2, 0) is 14.6 Å². The predicted octanol–water partition coefficient (Wildman–Crippen LogP) is 9.91. The summed E-state index contributed by atoms with van der Waals surface area (Å²) in [6.07, 6.45) is 16.1. The molecule has 54 heavy (non-hydrogen) atoms. The molecule has 6 aliphatic rings. The smallest absolute Gasteiger partial charge is 0.335 e. The Balaban J connectivity index is 0.00000107. The van der Waals surface area contributed by atoms with Gasteiger partial charge in [0.1, 0.15) is 0 Å². The number of hydrogen-bond donors (Lipinski definition) is 2. The number of fused-ring (bicyclic) bond motifs is 7. The molecule has 7 rings (SSSR count). The molecule has 1 heterocycles. The van der Waals surface area contributed by atoms with Gasteiger partial charge in [-0.1, -0.05) is 93.4 Å². The number of benzene rings is 1. The Morgan fingerprint density at radius 3 is 2.11 bits per heavy atom. The molecule has 4 saturated carbocycles. The van der Waals surface area contributed by atoms with E-state index in [-0.39, 0.29) is 38.6 Å². The Kier molecular flexibility index (Phi) is 13.0. The van der Waals surface area contributed by atoms with Gasteiger partial charge in [0, 0.05) is 19.6 Å². The van der Waals surface area contributed by atoms with Crippen LogP contribution in [0.15, 0.2) is 30.3 Å². The molecule has 1 amide bonds. The first-order valence-corrected chi connectivity index (χ1v) is 23.6. The Hall–Kier alpha value is -2.19. The molecule has 1 aliphatic heterocycles. The summed E-state index contributed by atoms with van der Waals surface area (Å²) < 4.78 is 23.6. The van der Waals surface area contributed by atoms with E-state index in [9.17, 15) is 23.1 Å². The van der Waals surface area contributed by atoms with Crippen LogP contribution in [0, 0.1) is 50.7 Å². The summed E-state index contributed by atoms with van der Waals surface area (Å²) in [5.74, 6) is 2.17. The predicted molar refractivity (Wildman–Crippen MR) is 222 cm³/mol. The highest BCUT2D eigenvalue weighted by Gasteiger charge is 2.70. The van der Waals surface area contributed by atoms with Gasteiger partial charge in [-0.2, -0.15) is 0 Å². The van der Waals surface area contributed by atoms with Gasteiger partial charge in [-0.15, -0.1) is 0 Å². The van der Waals surface area contributed by atoms with E-state index >= 15 is 0 Å². The second kappa shape index (κ2) is 16.3. The summed E-state index contributed by atoms with van der Waals surface area (Å²) in [5, 5.41) is 12.9. The van der Waals surface area contributed by atoms with Crippen molar-refractivity contribution < 1.29 is 23.1 Å². The van der Waals surface area contributed by atoms with Gasteiger partial charge in [-0.3, -0.25) is 4.79 Å². The van der Waals surface area contributed by atoms with Crippen molar-refractivity contribution in [2.45, 2.75) is 139 Å². The van der Waals surface area contributed by atoms with Crippen LogP contribution in [0.25, 0.3) is 5.57 Å². The lowest BCUT2D eigenvalue weighted by molar-refractivity contribution is -0.222. The monoisotopic (exact) mass is 767 g/mol. The number of carboxylic acids is 1. The molecule has 1 aromatic rings. The zero-order valence-corrected chi connectivity index (χ0v) is 36.2. The van der Waals surface area contributed by atoms with Crippen molar-refractivity contribution in [3.8, 4) is 0 Å². The van der Waals surface area contributed by atoms with Crippen molar-refractivity contribution in [2.75, 3.05) is 37.7 Å². The quantitative estimate of drug-likeness (QED) is 0.268. The van der Waals surface area contributed by atoms with E-state index in [1.807, 2.05) is 26.0 Å². The van der Waals surface area contributed by atoms with E-state index in [1.165, 1.54) is 44.1 Å². The number of aromatic carboxylic acids is 1. The zero-order chi connectivity index (χ0) is 39.7. The number of nitrogens with zero attached hydrogens (tertiary/aromatic N) is 1. The number of sulfone groups is 1. The Bertz CT molecular complexity index is 1620. The third kappa shape index (κ3) is 7.38. The summed E-state index contributed by atoms with van der Waals surface area (Å²) in [4.78, 5) is 27.9. The molecular formula is C46H74N2O5S. The molecule has 304 valence electrons. The van der Waals surface area contributed by atoms with Gasteiger partial charge in [0.2, 0.25) is 5.91 Å². The average molecular weight is 767 g/mol. The van der Waals surface area contributed by atoms with Gasteiger partial charge in [0.05, 0.1) is 22.5 Å². The minimum atomic E-state index is -2.87. The van der Waals surface area contributed by atoms with Gasteiger partial charge in [-0.05, 0) is 139 Å². The molecular weight excluding hydrogens is 693 g/mol. The maximum Gasteiger partial charge on any atom is 0.335 e. The summed E-state index contributed by atoms with van der Waals surface area (Å²) in [7, 11) is -2.87. The molecule has 5 fully saturated rings. The fourth-order valence-corrected chi connectivity index (χ4v) is 14.8. The van der Waals surface area contributed by atoms with Gasteiger partial charge in [0.15, 0.2) is 9.84 Å². The van der Waals surface area contributed by atoms with Crippen LogP contribution in [-0.4, -0.2) is 68.0 Å². The fraction of sp³-hybridized carbons (Fsp3) is 0.783. The lowest BCUT2D eigenvalue weighted by Gasteiger charge is -2.72. The van der Waals surface area contributed by atoms with Crippen LogP contribution in [0.5, 0.6) is 0 Å². The topological polar surface area (TPSA) is 104 Å². The van der Waals surface area contributed by atoms with Crippen molar-refractivity contribution in [1.29, 1.82) is 0 Å². The third-order valence-corrected chi connectivity index (χ3v) is 17.8.